The molecule has 1 aromatic rings. The van der Waals surface area contributed by atoms with Crippen LogP contribution < -0.4 is 34.3 Å². The number of hydrogen-bond acceptors (Lipinski definition) is 1. The van der Waals surface area contributed by atoms with Crippen molar-refractivity contribution in [1.29, 1.82) is 0 Å². The summed E-state index contributed by atoms with van der Waals surface area (Å²) in [7, 11) is 0. The van der Waals surface area contributed by atoms with Gasteiger partial charge in [0.25, 0.3) is 0 Å². The van der Waals surface area contributed by atoms with Crippen LogP contribution in [-0.4, -0.2) is 6.10 Å². The van der Waals surface area contributed by atoms with Crippen LogP contribution in [0.3, 0.4) is 0 Å². The first-order chi connectivity index (χ1) is 9.86. The van der Waals surface area contributed by atoms with Crippen molar-refractivity contribution in [3.05, 3.63) is 37.3 Å². The number of benzene rings is 1. The number of rotatable bonds is 12. The summed E-state index contributed by atoms with van der Waals surface area (Å²) < 4.78 is 6.06. The van der Waals surface area contributed by atoms with Crippen molar-refractivity contribution in [2.24, 2.45) is 0 Å². The minimum Gasteiger partial charge on any atom is -0.491 e. The molecule has 0 fully saturated rings. The molecule has 0 aliphatic heterocycles. The maximum absolute atomic E-state index is 6.06. The second-order valence-electron chi connectivity index (χ2n) is 5.61. The summed E-state index contributed by atoms with van der Waals surface area (Å²) in [5.41, 5.74) is 0. The monoisotopic (exact) mass is 298 g/mol. The van der Waals surface area contributed by atoms with E-state index in [1.807, 2.05) is 30.3 Å². The summed E-state index contributed by atoms with van der Waals surface area (Å²) in [5, 5.41) is 0. The van der Waals surface area contributed by atoms with Gasteiger partial charge < -0.3 is 11.7 Å². The van der Waals surface area contributed by atoms with Gasteiger partial charge in [-0.15, -0.1) is 0 Å². The molecular formula is C19H31NaO. The molecule has 1 atom stereocenters. The smallest absolute Gasteiger partial charge is 0.491 e. The molecule has 1 unspecified atom stereocenters. The van der Waals surface area contributed by atoms with Gasteiger partial charge in [-0.05, 0) is 31.4 Å². The van der Waals surface area contributed by atoms with E-state index in [0.29, 0.717) is 6.10 Å². The predicted molar refractivity (Wildman–Crippen MR) is 88.1 cm³/mol. The van der Waals surface area contributed by atoms with Crippen LogP contribution in [-0.2, 0) is 0 Å². The van der Waals surface area contributed by atoms with E-state index >= 15 is 0 Å². The zero-order valence-corrected chi connectivity index (χ0v) is 16.2. The number of hydrogen-bond donors (Lipinski definition) is 0. The Kier molecular flexibility index (Phi) is 15.0. The molecule has 0 saturated heterocycles. The van der Waals surface area contributed by atoms with Gasteiger partial charge in [0.1, 0.15) is 5.75 Å². The standard InChI is InChI=1S/C19H31O.Na/c1-3-5-6-7-8-9-11-15-18(14-4-2)20-19-16-12-10-13-17-19;/h10,12-13,16-18H,2-9,11,14-15H2,1H3;/q-1;+1. The van der Waals surface area contributed by atoms with Crippen LogP contribution >= 0.6 is 0 Å². The van der Waals surface area contributed by atoms with E-state index in [9.17, 15) is 0 Å². The maximum atomic E-state index is 6.06. The molecule has 0 aliphatic carbocycles. The van der Waals surface area contributed by atoms with Crippen LogP contribution in [0.1, 0.15) is 71.1 Å². The third kappa shape index (κ3) is 11.3. The summed E-state index contributed by atoms with van der Waals surface area (Å²) in [6.45, 7) is 6.23. The Balaban J connectivity index is 0.00000400. The third-order valence-electron chi connectivity index (χ3n) is 3.70. The van der Waals surface area contributed by atoms with Crippen LogP contribution in [0.5, 0.6) is 5.75 Å². The molecule has 0 saturated carbocycles. The first-order valence-electron chi connectivity index (χ1n) is 8.37. The normalized spacial score (nSPS) is 11.7. The molecule has 0 N–H and O–H groups in total. The quantitative estimate of drug-likeness (QED) is 0.327. The number of para-hydroxylation sites is 1. The van der Waals surface area contributed by atoms with Gasteiger partial charge in [0, 0.05) is 0 Å². The van der Waals surface area contributed by atoms with Gasteiger partial charge in [0.05, 0.1) is 6.10 Å². The Morgan fingerprint density at radius 3 is 2.14 bits per heavy atom. The Hall–Kier alpha value is 0.0200. The van der Waals surface area contributed by atoms with Gasteiger partial charge in [0.15, 0.2) is 0 Å². The molecule has 1 rings (SSSR count). The van der Waals surface area contributed by atoms with Crippen LogP contribution in [0.25, 0.3) is 0 Å². The third-order valence-corrected chi connectivity index (χ3v) is 3.70. The maximum Gasteiger partial charge on any atom is 1.00 e. The summed E-state index contributed by atoms with van der Waals surface area (Å²) in [6.07, 6.45) is 13.0. The largest absolute Gasteiger partial charge is 1.00 e. The average molecular weight is 298 g/mol. The van der Waals surface area contributed by atoms with Gasteiger partial charge in [-0.3, -0.25) is 0 Å². The second kappa shape index (κ2) is 14.9. The summed E-state index contributed by atoms with van der Waals surface area (Å²) in [4.78, 5) is 0. The molecule has 0 spiro atoms. The Labute approximate surface area is 154 Å². The molecule has 21 heavy (non-hydrogen) atoms. The van der Waals surface area contributed by atoms with Crippen molar-refractivity contribution in [1.82, 2.24) is 0 Å². The van der Waals surface area contributed by atoms with Crippen molar-refractivity contribution in [2.75, 3.05) is 0 Å². The van der Waals surface area contributed by atoms with E-state index in [-0.39, 0.29) is 29.6 Å². The van der Waals surface area contributed by atoms with Crippen molar-refractivity contribution in [3.8, 4) is 5.75 Å². The molecule has 2 heteroatoms. The Bertz CT molecular complexity index is 313. The van der Waals surface area contributed by atoms with Crippen LogP contribution in [0, 0.1) is 6.92 Å². The molecule has 0 radical (unpaired) electrons. The number of ether oxygens (including phenoxy) is 1. The summed E-state index contributed by atoms with van der Waals surface area (Å²) in [6, 6.07) is 10.2. The van der Waals surface area contributed by atoms with Crippen molar-refractivity contribution >= 4 is 0 Å². The summed E-state index contributed by atoms with van der Waals surface area (Å²) in [5.74, 6) is 0.994. The molecule has 0 amide bonds. The van der Waals surface area contributed by atoms with Crippen LogP contribution in [0.4, 0.5) is 0 Å². The first kappa shape index (κ1) is 21.0. The van der Waals surface area contributed by atoms with E-state index in [2.05, 4.69) is 13.8 Å². The van der Waals surface area contributed by atoms with Gasteiger partial charge in [0.2, 0.25) is 0 Å². The van der Waals surface area contributed by atoms with Crippen LogP contribution in [0.2, 0.25) is 0 Å². The van der Waals surface area contributed by atoms with Crippen LogP contribution in [0.15, 0.2) is 30.3 Å². The molecule has 0 heterocycles. The topological polar surface area (TPSA) is 9.23 Å². The minimum atomic E-state index is 0. The zero-order chi connectivity index (χ0) is 14.5. The van der Waals surface area contributed by atoms with Gasteiger partial charge in [-0.2, -0.15) is 6.42 Å². The zero-order valence-electron chi connectivity index (χ0n) is 14.2. The molecule has 0 bridgehead atoms. The molecule has 0 aromatic heterocycles. The van der Waals surface area contributed by atoms with Gasteiger partial charge in [-0.1, -0.05) is 63.6 Å². The molecular weight excluding hydrogens is 267 g/mol. The molecule has 114 valence electrons. The predicted octanol–water partition coefficient (Wildman–Crippen LogP) is 3.19. The van der Waals surface area contributed by atoms with Crippen molar-refractivity contribution in [3.63, 3.8) is 0 Å². The van der Waals surface area contributed by atoms with E-state index in [4.69, 9.17) is 4.74 Å². The van der Waals surface area contributed by atoms with E-state index in [0.717, 1.165) is 25.0 Å². The van der Waals surface area contributed by atoms with Gasteiger partial charge >= 0.3 is 29.6 Å². The first-order valence-corrected chi connectivity index (χ1v) is 8.37. The minimum absolute atomic E-state index is 0. The van der Waals surface area contributed by atoms with Crippen molar-refractivity contribution < 1.29 is 34.3 Å². The van der Waals surface area contributed by atoms with Gasteiger partial charge in [-0.25, -0.2) is 0 Å². The summed E-state index contributed by atoms with van der Waals surface area (Å²) >= 11 is 0. The number of unbranched alkanes of at least 4 members (excludes halogenated alkanes) is 6. The molecule has 1 nitrogen and oxygen atoms in total. The molecule has 1 aromatic carbocycles. The SMILES string of the molecule is [CH2-]CCC(CCCCCCCCC)Oc1ccccc1.[Na+]. The Morgan fingerprint density at radius 1 is 0.905 bits per heavy atom. The van der Waals surface area contributed by atoms with Crippen molar-refractivity contribution in [2.45, 2.75) is 77.2 Å². The second-order valence-corrected chi connectivity index (χ2v) is 5.61. The molecule has 0 aliphatic rings. The van der Waals surface area contributed by atoms with E-state index < -0.39 is 0 Å². The Morgan fingerprint density at radius 2 is 1.52 bits per heavy atom. The fourth-order valence-corrected chi connectivity index (χ4v) is 2.51. The fraction of sp³-hybridized carbons (Fsp3) is 0.632. The van der Waals surface area contributed by atoms with E-state index in [1.54, 1.807) is 0 Å². The van der Waals surface area contributed by atoms with E-state index in [1.165, 1.54) is 44.9 Å². The fourth-order valence-electron chi connectivity index (χ4n) is 2.51. The average Bonchev–Trinajstić information content (AvgIpc) is 2.47.